The van der Waals surface area contributed by atoms with Crippen LogP contribution in [0, 0.1) is 5.92 Å². The predicted octanol–water partition coefficient (Wildman–Crippen LogP) is 0.506. The van der Waals surface area contributed by atoms with Crippen LogP contribution in [0.1, 0.15) is 32.5 Å². The normalized spacial score (nSPS) is 20.4. The molecule has 1 unspecified atom stereocenters. The number of rotatable bonds is 2. The molecular weight excluding hydrogens is 256 g/mol. The van der Waals surface area contributed by atoms with Crippen LogP contribution < -0.4 is 16.6 Å². The van der Waals surface area contributed by atoms with Gasteiger partial charge in [0.1, 0.15) is 5.82 Å². The van der Waals surface area contributed by atoms with Gasteiger partial charge in [-0.3, -0.25) is 9.78 Å². The van der Waals surface area contributed by atoms with Gasteiger partial charge in [-0.05, 0) is 31.8 Å². The topological polar surface area (TPSA) is 112 Å². The second-order valence-electron chi connectivity index (χ2n) is 6.00. The first kappa shape index (κ1) is 13.1. The maximum absolute atomic E-state index is 11.9. The Bertz CT molecular complexity index is 680. The molecule has 1 aliphatic heterocycles. The maximum Gasteiger partial charge on any atom is 0.278 e. The summed E-state index contributed by atoms with van der Waals surface area (Å²) < 4.78 is 0. The van der Waals surface area contributed by atoms with E-state index in [4.69, 9.17) is 5.73 Å². The summed E-state index contributed by atoms with van der Waals surface area (Å²) in [5.41, 5.74) is 5.92. The molecule has 108 valence electrons. The van der Waals surface area contributed by atoms with E-state index in [1.165, 1.54) is 6.42 Å². The van der Waals surface area contributed by atoms with Crippen molar-refractivity contribution >= 4 is 17.1 Å². The van der Waals surface area contributed by atoms with Crippen LogP contribution in [0.2, 0.25) is 0 Å². The number of aromatic nitrogens is 4. The van der Waals surface area contributed by atoms with Crippen LogP contribution >= 0.6 is 0 Å². The zero-order valence-corrected chi connectivity index (χ0v) is 11.8. The van der Waals surface area contributed by atoms with Crippen molar-refractivity contribution in [3.63, 3.8) is 0 Å². The monoisotopic (exact) mass is 276 g/mol. The minimum atomic E-state index is -0.274. The van der Waals surface area contributed by atoms with Crippen LogP contribution in [0.25, 0.3) is 11.2 Å². The summed E-state index contributed by atoms with van der Waals surface area (Å²) in [4.78, 5) is 26.0. The second-order valence-corrected chi connectivity index (χ2v) is 6.00. The summed E-state index contributed by atoms with van der Waals surface area (Å²) in [6.45, 7) is 6.35. The molecule has 3 rings (SSSR count). The van der Waals surface area contributed by atoms with E-state index in [0.717, 1.165) is 25.3 Å². The molecule has 0 amide bonds. The Morgan fingerprint density at radius 2 is 2.10 bits per heavy atom. The van der Waals surface area contributed by atoms with E-state index in [1.807, 2.05) is 0 Å². The second kappa shape index (κ2) is 4.59. The minimum absolute atomic E-state index is 0.0951. The Hall–Kier alpha value is -1.89. The third-order valence-corrected chi connectivity index (χ3v) is 4.31. The van der Waals surface area contributed by atoms with E-state index in [0.29, 0.717) is 17.1 Å². The molecule has 1 aliphatic rings. The number of imidazole rings is 1. The van der Waals surface area contributed by atoms with Crippen LogP contribution in [0.15, 0.2) is 4.79 Å². The Kier molecular flexibility index (Phi) is 3.01. The molecule has 0 aliphatic carbocycles. The van der Waals surface area contributed by atoms with E-state index in [-0.39, 0.29) is 16.9 Å². The molecule has 2 aromatic rings. The number of nitrogens with one attached hydrogen (secondary N) is 3. The smallest absolute Gasteiger partial charge is 0.278 e. The highest BCUT2D eigenvalue weighted by Crippen LogP contribution is 2.34. The van der Waals surface area contributed by atoms with Gasteiger partial charge in [-0.2, -0.15) is 4.98 Å². The van der Waals surface area contributed by atoms with Crippen molar-refractivity contribution in [2.24, 2.45) is 5.92 Å². The van der Waals surface area contributed by atoms with Gasteiger partial charge in [-0.1, -0.05) is 13.8 Å². The van der Waals surface area contributed by atoms with E-state index < -0.39 is 0 Å². The first-order chi connectivity index (χ1) is 9.48. The van der Waals surface area contributed by atoms with Gasteiger partial charge in [0.2, 0.25) is 5.95 Å². The van der Waals surface area contributed by atoms with Gasteiger partial charge < -0.3 is 16.0 Å². The quantitative estimate of drug-likeness (QED) is 0.638. The van der Waals surface area contributed by atoms with Crippen molar-refractivity contribution in [1.82, 2.24) is 25.3 Å². The summed E-state index contributed by atoms with van der Waals surface area (Å²) in [5, 5.41) is 3.42. The number of fused-ring (bicyclic) bond motifs is 1. The van der Waals surface area contributed by atoms with Gasteiger partial charge in [0, 0.05) is 5.41 Å². The van der Waals surface area contributed by atoms with Gasteiger partial charge in [0.25, 0.3) is 5.56 Å². The van der Waals surface area contributed by atoms with E-state index in [1.54, 1.807) is 0 Å². The molecule has 2 aromatic heterocycles. The fraction of sp³-hybridized carbons (Fsp3) is 0.615. The summed E-state index contributed by atoms with van der Waals surface area (Å²) >= 11 is 0. The molecule has 1 saturated heterocycles. The number of aromatic amines is 2. The third kappa shape index (κ3) is 2.07. The summed E-state index contributed by atoms with van der Waals surface area (Å²) in [6, 6.07) is 0. The lowest BCUT2D eigenvalue weighted by atomic mass is 9.74. The van der Waals surface area contributed by atoms with Crippen LogP contribution in [0.4, 0.5) is 5.95 Å². The molecular formula is C13H20N6O. The lowest BCUT2D eigenvalue weighted by Crippen LogP contribution is -2.41. The van der Waals surface area contributed by atoms with Crippen LogP contribution in [-0.2, 0) is 5.41 Å². The number of nitrogens with zero attached hydrogens (tertiary/aromatic N) is 2. The summed E-state index contributed by atoms with van der Waals surface area (Å²) in [6.07, 6.45) is 2.32. The highest BCUT2D eigenvalue weighted by atomic mass is 16.1. The summed E-state index contributed by atoms with van der Waals surface area (Å²) in [7, 11) is 0. The zero-order chi connectivity index (χ0) is 14.3. The fourth-order valence-electron chi connectivity index (χ4n) is 2.89. The maximum atomic E-state index is 11.9. The van der Waals surface area contributed by atoms with Crippen molar-refractivity contribution in [3.8, 4) is 0 Å². The van der Waals surface area contributed by atoms with E-state index >= 15 is 0 Å². The molecule has 5 N–H and O–H groups in total. The molecule has 1 atom stereocenters. The van der Waals surface area contributed by atoms with Crippen LogP contribution in [-0.4, -0.2) is 33.0 Å². The SMILES string of the molecule is CC(C)(c1nc2nc(N)[nH]c(=O)c2[nH]1)C1CCCNC1. The number of hydrogen-bond donors (Lipinski definition) is 4. The molecule has 3 heterocycles. The molecule has 1 fully saturated rings. The zero-order valence-electron chi connectivity index (χ0n) is 11.8. The van der Waals surface area contributed by atoms with Gasteiger partial charge in [0.15, 0.2) is 11.2 Å². The standard InChI is InChI=1S/C13H20N6O/c1-13(2,7-4-3-5-15-6-7)11-16-8-9(17-11)18-12(14)19-10(8)20/h7,15H,3-6H2,1-2H3,(H4,14,16,17,18,19,20). The van der Waals surface area contributed by atoms with Crippen molar-refractivity contribution in [2.75, 3.05) is 18.8 Å². The molecule has 0 aromatic carbocycles. The average molecular weight is 276 g/mol. The lowest BCUT2D eigenvalue weighted by molar-refractivity contribution is 0.243. The van der Waals surface area contributed by atoms with Crippen LogP contribution in [0.5, 0.6) is 0 Å². The first-order valence-electron chi connectivity index (χ1n) is 6.95. The first-order valence-corrected chi connectivity index (χ1v) is 6.95. The number of anilines is 1. The minimum Gasteiger partial charge on any atom is -0.369 e. The molecule has 0 spiro atoms. The van der Waals surface area contributed by atoms with E-state index in [2.05, 4.69) is 39.1 Å². The number of H-pyrrole nitrogens is 2. The molecule has 7 nitrogen and oxygen atoms in total. The Balaban J connectivity index is 2.04. The van der Waals surface area contributed by atoms with Crippen molar-refractivity contribution in [2.45, 2.75) is 32.1 Å². The Morgan fingerprint density at radius 3 is 2.80 bits per heavy atom. The number of hydrogen-bond acceptors (Lipinski definition) is 5. The fourth-order valence-corrected chi connectivity index (χ4v) is 2.89. The molecule has 20 heavy (non-hydrogen) atoms. The third-order valence-electron chi connectivity index (χ3n) is 4.31. The predicted molar refractivity (Wildman–Crippen MR) is 77.5 cm³/mol. The lowest BCUT2D eigenvalue weighted by Gasteiger charge is -2.35. The molecule has 0 radical (unpaired) electrons. The number of nitrogens with two attached hydrogens (primary N) is 1. The Labute approximate surface area is 116 Å². The van der Waals surface area contributed by atoms with Crippen LogP contribution in [0.3, 0.4) is 0 Å². The highest BCUT2D eigenvalue weighted by Gasteiger charge is 2.35. The Morgan fingerprint density at radius 1 is 1.30 bits per heavy atom. The molecule has 0 saturated carbocycles. The molecule has 7 heteroatoms. The van der Waals surface area contributed by atoms with Gasteiger partial charge in [-0.15, -0.1) is 0 Å². The van der Waals surface area contributed by atoms with Gasteiger partial charge in [0.05, 0.1) is 0 Å². The molecule has 0 bridgehead atoms. The highest BCUT2D eigenvalue weighted by molar-refractivity contribution is 5.70. The summed E-state index contributed by atoms with van der Waals surface area (Å²) in [5.74, 6) is 1.37. The van der Waals surface area contributed by atoms with Gasteiger partial charge >= 0.3 is 0 Å². The number of nitrogen functional groups attached to an aromatic ring is 1. The average Bonchev–Trinajstić information content (AvgIpc) is 2.84. The number of piperidine rings is 1. The largest absolute Gasteiger partial charge is 0.369 e. The van der Waals surface area contributed by atoms with Gasteiger partial charge in [-0.25, -0.2) is 4.98 Å². The van der Waals surface area contributed by atoms with Crippen molar-refractivity contribution in [3.05, 3.63) is 16.2 Å². The van der Waals surface area contributed by atoms with E-state index in [9.17, 15) is 4.79 Å². The van der Waals surface area contributed by atoms with Crippen molar-refractivity contribution in [1.29, 1.82) is 0 Å². The van der Waals surface area contributed by atoms with Crippen molar-refractivity contribution < 1.29 is 0 Å².